The Morgan fingerprint density at radius 1 is 1.17 bits per heavy atom. The molecular formula is C18H21N5O. The first kappa shape index (κ1) is 16.0. The van der Waals surface area contributed by atoms with E-state index in [9.17, 15) is 4.79 Å². The maximum Gasteiger partial charge on any atom is 0.272 e. The first-order valence-electron chi connectivity index (χ1n) is 8.01. The highest BCUT2D eigenvalue weighted by atomic mass is 16.2. The third kappa shape index (κ3) is 3.37. The Morgan fingerprint density at radius 2 is 1.92 bits per heavy atom. The van der Waals surface area contributed by atoms with E-state index in [4.69, 9.17) is 0 Å². The van der Waals surface area contributed by atoms with E-state index >= 15 is 0 Å². The maximum atomic E-state index is 12.3. The molecule has 24 heavy (non-hydrogen) atoms. The van der Waals surface area contributed by atoms with Crippen molar-refractivity contribution in [3.05, 3.63) is 60.3 Å². The molecular weight excluding hydrogens is 302 g/mol. The Balaban J connectivity index is 1.69. The van der Waals surface area contributed by atoms with E-state index in [2.05, 4.69) is 20.4 Å². The molecule has 1 amide bonds. The van der Waals surface area contributed by atoms with Gasteiger partial charge in [0.2, 0.25) is 0 Å². The van der Waals surface area contributed by atoms with Crippen LogP contribution in [-0.4, -0.2) is 25.7 Å². The molecule has 1 unspecified atom stereocenters. The molecule has 2 N–H and O–H groups in total. The standard InChI is InChI=1S/C18H21N5O/c1-12(2)23-10-9-15(22-23)18(24)20-13(3)17-19-11-16(21-17)14-7-5-4-6-8-14/h4-13H,1-3H3,(H,19,21)(H,20,24). The van der Waals surface area contributed by atoms with Gasteiger partial charge in [0.05, 0.1) is 17.9 Å². The molecule has 0 spiro atoms. The predicted molar refractivity (Wildman–Crippen MR) is 92.5 cm³/mol. The summed E-state index contributed by atoms with van der Waals surface area (Å²) in [7, 11) is 0. The summed E-state index contributed by atoms with van der Waals surface area (Å²) in [5.74, 6) is 0.505. The van der Waals surface area contributed by atoms with Gasteiger partial charge in [-0.15, -0.1) is 0 Å². The molecule has 6 nitrogen and oxygen atoms in total. The van der Waals surface area contributed by atoms with Gasteiger partial charge in [-0.25, -0.2) is 4.98 Å². The fourth-order valence-corrected chi connectivity index (χ4v) is 2.41. The number of aromatic nitrogens is 4. The molecule has 0 aliphatic rings. The lowest BCUT2D eigenvalue weighted by Gasteiger charge is -2.10. The van der Waals surface area contributed by atoms with Gasteiger partial charge in [-0.3, -0.25) is 9.48 Å². The quantitative estimate of drug-likeness (QED) is 0.756. The molecule has 6 heteroatoms. The number of hydrogen-bond donors (Lipinski definition) is 2. The number of imidazole rings is 1. The van der Waals surface area contributed by atoms with Crippen LogP contribution in [0.2, 0.25) is 0 Å². The number of aromatic amines is 1. The monoisotopic (exact) mass is 323 g/mol. The van der Waals surface area contributed by atoms with E-state index in [0.717, 1.165) is 11.3 Å². The van der Waals surface area contributed by atoms with Gasteiger partial charge in [-0.05, 0) is 32.4 Å². The third-order valence-corrected chi connectivity index (χ3v) is 3.81. The molecule has 0 bridgehead atoms. The SMILES string of the molecule is CC(NC(=O)c1ccn(C(C)C)n1)c1ncc(-c2ccccc2)[nH]1. The molecule has 3 rings (SSSR count). The lowest BCUT2D eigenvalue weighted by molar-refractivity contribution is 0.0932. The Labute approximate surface area is 140 Å². The van der Waals surface area contributed by atoms with E-state index < -0.39 is 0 Å². The van der Waals surface area contributed by atoms with Crippen molar-refractivity contribution in [2.75, 3.05) is 0 Å². The number of H-pyrrole nitrogens is 1. The second kappa shape index (κ2) is 6.70. The highest BCUT2D eigenvalue weighted by molar-refractivity contribution is 5.92. The highest BCUT2D eigenvalue weighted by Gasteiger charge is 2.16. The largest absolute Gasteiger partial charge is 0.341 e. The molecule has 0 radical (unpaired) electrons. The van der Waals surface area contributed by atoms with Crippen LogP contribution >= 0.6 is 0 Å². The van der Waals surface area contributed by atoms with Crippen LogP contribution in [0.3, 0.4) is 0 Å². The van der Waals surface area contributed by atoms with Crippen LogP contribution in [0, 0.1) is 0 Å². The van der Waals surface area contributed by atoms with Crippen LogP contribution in [0.15, 0.2) is 48.8 Å². The van der Waals surface area contributed by atoms with Gasteiger partial charge < -0.3 is 10.3 Å². The smallest absolute Gasteiger partial charge is 0.272 e. The molecule has 0 saturated heterocycles. The van der Waals surface area contributed by atoms with Gasteiger partial charge in [0.1, 0.15) is 11.5 Å². The maximum absolute atomic E-state index is 12.3. The Bertz CT molecular complexity index is 819. The minimum absolute atomic E-state index is 0.209. The van der Waals surface area contributed by atoms with E-state index in [1.54, 1.807) is 16.9 Å². The van der Waals surface area contributed by atoms with Crippen molar-refractivity contribution >= 4 is 5.91 Å². The van der Waals surface area contributed by atoms with Crippen molar-refractivity contribution < 1.29 is 4.79 Å². The lowest BCUT2D eigenvalue weighted by Crippen LogP contribution is -2.28. The van der Waals surface area contributed by atoms with E-state index in [0.29, 0.717) is 11.5 Å². The number of amides is 1. The number of hydrogen-bond acceptors (Lipinski definition) is 3. The molecule has 1 atom stereocenters. The van der Waals surface area contributed by atoms with Crippen LogP contribution in [0.25, 0.3) is 11.3 Å². The zero-order chi connectivity index (χ0) is 17.1. The van der Waals surface area contributed by atoms with Crippen LogP contribution in [0.1, 0.15) is 49.2 Å². The Hall–Kier alpha value is -2.89. The number of nitrogens with zero attached hydrogens (tertiary/aromatic N) is 3. The molecule has 0 fully saturated rings. The Morgan fingerprint density at radius 3 is 2.58 bits per heavy atom. The molecule has 124 valence electrons. The van der Waals surface area contributed by atoms with Crippen molar-refractivity contribution in [2.24, 2.45) is 0 Å². The van der Waals surface area contributed by atoms with Gasteiger partial charge in [-0.2, -0.15) is 5.10 Å². The summed E-state index contributed by atoms with van der Waals surface area (Å²) in [6.45, 7) is 5.93. The first-order chi connectivity index (χ1) is 11.5. The molecule has 0 aliphatic heterocycles. The van der Waals surface area contributed by atoms with Crippen molar-refractivity contribution in [3.63, 3.8) is 0 Å². The summed E-state index contributed by atoms with van der Waals surface area (Å²) in [6.07, 6.45) is 3.59. The van der Waals surface area contributed by atoms with E-state index in [-0.39, 0.29) is 18.0 Å². The Kier molecular flexibility index (Phi) is 4.46. The minimum Gasteiger partial charge on any atom is -0.341 e. The summed E-state index contributed by atoms with van der Waals surface area (Å²) >= 11 is 0. The number of rotatable bonds is 5. The van der Waals surface area contributed by atoms with Gasteiger partial charge in [0, 0.05) is 12.2 Å². The average Bonchev–Trinajstić information content (AvgIpc) is 3.25. The fraction of sp³-hybridized carbons (Fsp3) is 0.278. The van der Waals surface area contributed by atoms with Crippen molar-refractivity contribution in [1.29, 1.82) is 0 Å². The number of carbonyl (C=O) groups is 1. The van der Waals surface area contributed by atoms with Crippen molar-refractivity contribution in [1.82, 2.24) is 25.1 Å². The fourth-order valence-electron chi connectivity index (χ4n) is 2.41. The van der Waals surface area contributed by atoms with E-state index in [1.165, 1.54) is 0 Å². The first-order valence-corrected chi connectivity index (χ1v) is 8.01. The van der Waals surface area contributed by atoms with Crippen LogP contribution in [0.4, 0.5) is 0 Å². The van der Waals surface area contributed by atoms with Crippen LogP contribution in [-0.2, 0) is 0 Å². The zero-order valence-electron chi connectivity index (χ0n) is 14.0. The van der Waals surface area contributed by atoms with Gasteiger partial charge >= 0.3 is 0 Å². The van der Waals surface area contributed by atoms with Gasteiger partial charge in [0.15, 0.2) is 0 Å². The topological polar surface area (TPSA) is 75.6 Å². The molecule has 1 aromatic carbocycles. The summed E-state index contributed by atoms with van der Waals surface area (Å²) in [5, 5.41) is 7.20. The minimum atomic E-state index is -0.237. The average molecular weight is 323 g/mol. The summed E-state index contributed by atoms with van der Waals surface area (Å²) < 4.78 is 1.76. The summed E-state index contributed by atoms with van der Waals surface area (Å²) in [4.78, 5) is 19.9. The van der Waals surface area contributed by atoms with Crippen molar-refractivity contribution in [3.8, 4) is 11.3 Å². The lowest BCUT2D eigenvalue weighted by atomic mass is 10.2. The molecule has 2 heterocycles. The van der Waals surface area contributed by atoms with Gasteiger partial charge in [-0.1, -0.05) is 30.3 Å². The number of nitrogens with one attached hydrogen (secondary N) is 2. The van der Waals surface area contributed by atoms with Gasteiger partial charge in [0.25, 0.3) is 5.91 Å². The second-order valence-electron chi connectivity index (χ2n) is 6.02. The molecule has 3 aromatic rings. The predicted octanol–water partition coefficient (Wildman–Crippen LogP) is 3.35. The van der Waals surface area contributed by atoms with Crippen molar-refractivity contribution in [2.45, 2.75) is 32.9 Å². The summed E-state index contributed by atoms with van der Waals surface area (Å²) in [5.41, 5.74) is 2.40. The molecule has 2 aromatic heterocycles. The second-order valence-corrected chi connectivity index (χ2v) is 6.02. The van der Waals surface area contributed by atoms with E-state index in [1.807, 2.05) is 57.3 Å². The third-order valence-electron chi connectivity index (χ3n) is 3.81. The number of benzene rings is 1. The molecule has 0 aliphatic carbocycles. The summed E-state index contributed by atoms with van der Waals surface area (Å²) in [6, 6.07) is 11.7. The van der Waals surface area contributed by atoms with Crippen LogP contribution in [0.5, 0.6) is 0 Å². The van der Waals surface area contributed by atoms with Crippen LogP contribution < -0.4 is 5.32 Å². The highest BCUT2D eigenvalue weighted by Crippen LogP contribution is 2.19. The zero-order valence-corrected chi connectivity index (χ0v) is 14.0. The number of carbonyl (C=O) groups excluding carboxylic acids is 1. The normalized spacial score (nSPS) is 12.3. The molecule has 0 saturated carbocycles.